The van der Waals surface area contributed by atoms with Gasteiger partial charge in [0.25, 0.3) is 10.0 Å². The zero-order valence-corrected chi connectivity index (χ0v) is 11.1. The van der Waals surface area contributed by atoms with Crippen molar-refractivity contribution >= 4 is 15.7 Å². The van der Waals surface area contributed by atoms with Gasteiger partial charge >= 0.3 is 0 Å². The van der Waals surface area contributed by atoms with E-state index in [4.69, 9.17) is 4.74 Å². The number of hydrogen-bond acceptors (Lipinski definition) is 3. The molecule has 4 nitrogen and oxygen atoms in total. The van der Waals surface area contributed by atoms with Crippen molar-refractivity contribution in [1.29, 1.82) is 0 Å². The van der Waals surface area contributed by atoms with E-state index in [0.29, 0.717) is 5.71 Å². The Morgan fingerprint density at radius 3 is 2.00 bits per heavy atom. The van der Waals surface area contributed by atoms with Gasteiger partial charge in [-0.15, -0.1) is 0 Å². The summed E-state index contributed by atoms with van der Waals surface area (Å²) in [4.78, 5) is 0. The molecule has 0 saturated heterocycles. The molecule has 0 aromatic carbocycles. The maximum atomic E-state index is 11.1. The van der Waals surface area contributed by atoms with Gasteiger partial charge in [-0.1, -0.05) is 0 Å². The van der Waals surface area contributed by atoms with Gasteiger partial charge in [0.2, 0.25) is 0 Å². The van der Waals surface area contributed by atoms with Gasteiger partial charge in [-0.25, -0.2) is 8.42 Å². The molecule has 0 aliphatic heterocycles. The van der Waals surface area contributed by atoms with Crippen LogP contribution >= 0.6 is 0 Å². The zero-order chi connectivity index (χ0) is 12.6. The first-order chi connectivity index (χ1) is 7.19. The topological polar surface area (TPSA) is 55.7 Å². The first-order valence-electron chi connectivity index (χ1n) is 4.91. The summed E-state index contributed by atoms with van der Waals surface area (Å²) in [5.41, 5.74) is 1.87. The standard InChI is InChI=1S/C11H17NO3S/c1-8-6-10(12-16(5,13)14)7-9(2)11(8,3)15-4/h6-7H,1-5H3. The summed E-state index contributed by atoms with van der Waals surface area (Å²) in [5, 5.41) is 0. The van der Waals surface area contributed by atoms with Crippen LogP contribution < -0.4 is 0 Å². The lowest BCUT2D eigenvalue weighted by Crippen LogP contribution is -2.33. The van der Waals surface area contributed by atoms with Crippen molar-refractivity contribution in [2.75, 3.05) is 13.4 Å². The Kier molecular flexibility index (Phi) is 3.40. The number of hydrogen-bond donors (Lipinski definition) is 0. The fourth-order valence-corrected chi connectivity index (χ4v) is 2.13. The number of nitrogens with zero attached hydrogens (tertiary/aromatic N) is 1. The molecular formula is C11H17NO3S. The second-order valence-corrected chi connectivity index (χ2v) is 5.79. The molecule has 16 heavy (non-hydrogen) atoms. The highest BCUT2D eigenvalue weighted by Gasteiger charge is 2.31. The number of ether oxygens (including phenoxy) is 1. The molecule has 0 saturated carbocycles. The van der Waals surface area contributed by atoms with Gasteiger partial charge < -0.3 is 4.74 Å². The lowest BCUT2D eigenvalue weighted by Gasteiger charge is -2.33. The van der Waals surface area contributed by atoms with E-state index in [1.54, 1.807) is 19.3 Å². The van der Waals surface area contributed by atoms with Crippen molar-refractivity contribution in [2.24, 2.45) is 4.40 Å². The third-order valence-electron chi connectivity index (χ3n) is 2.91. The molecule has 0 N–H and O–H groups in total. The van der Waals surface area contributed by atoms with Crippen molar-refractivity contribution < 1.29 is 13.2 Å². The summed E-state index contributed by atoms with van der Waals surface area (Å²) in [5.74, 6) is 0. The van der Waals surface area contributed by atoms with Crippen molar-refractivity contribution in [3.63, 3.8) is 0 Å². The van der Waals surface area contributed by atoms with E-state index < -0.39 is 15.6 Å². The fourth-order valence-electron chi connectivity index (χ4n) is 1.64. The van der Waals surface area contributed by atoms with Crippen LogP contribution in [-0.2, 0) is 14.8 Å². The lowest BCUT2D eigenvalue weighted by atomic mass is 9.84. The van der Waals surface area contributed by atoms with E-state index in [1.807, 2.05) is 20.8 Å². The summed E-state index contributed by atoms with van der Waals surface area (Å²) in [6, 6.07) is 0. The van der Waals surface area contributed by atoms with Gasteiger partial charge in [-0.3, -0.25) is 0 Å². The van der Waals surface area contributed by atoms with Gasteiger partial charge in [-0.05, 0) is 44.1 Å². The molecule has 0 aromatic heterocycles. The Bertz CT molecular complexity index is 461. The van der Waals surface area contributed by atoms with E-state index in [1.165, 1.54) is 0 Å². The molecular weight excluding hydrogens is 226 g/mol. The minimum absolute atomic E-state index is 0.451. The molecule has 0 unspecified atom stereocenters. The lowest BCUT2D eigenvalue weighted by molar-refractivity contribution is 0.0697. The van der Waals surface area contributed by atoms with Crippen LogP contribution in [0.3, 0.4) is 0 Å². The second-order valence-electron chi connectivity index (χ2n) is 4.14. The molecule has 5 heteroatoms. The third-order valence-corrected chi connectivity index (χ3v) is 3.46. The largest absolute Gasteiger partial charge is 0.370 e. The molecule has 0 bridgehead atoms. The molecule has 1 aliphatic rings. The highest BCUT2D eigenvalue weighted by atomic mass is 32.2. The molecule has 0 spiro atoms. The van der Waals surface area contributed by atoms with Crippen molar-refractivity contribution in [2.45, 2.75) is 26.4 Å². The SMILES string of the molecule is COC1(C)C(C)=CC(=NS(C)(=O)=O)C=C1C. The zero-order valence-electron chi connectivity index (χ0n) is 10.2. The molecule has 0 fully saturated rings. The smallest absolute Gasteiger partial charge is 0.250 e. The molecule has 90 valence electrons. The summed E-state index contributed by atoms with van der Waals surface area (Å²) in [6.07, 6.45) is 4.55. The predicted molar refractivity (Wildman–Crippen MR) is 65.2 cm³/mol. The van der Waals surface area contributed by atoms with Crippen LogP contribution in [0.4, 0.5) is 0 Å². The van der Waals surface area contributed by atoms with Crippen molar-refractivity contribution in [3.8, 4) is 0 Å². The van der Waals surface area contributed by atoms with Crippen LogP contribution in [0.25, 0.3) is 0 Å². The van der Waals surface area contributed by atoms with E-state index >= 15 is 0 Å². The highest BCUT2D eigenvalue weighted by Crippen LogP contribution is 2.31. The minimum Gasteiger partial charge on any atom is -0.370 e. The summed E-state index contributed by atoms with van der Waals surface area (Å²) < 4.78 is 31.2. The van der Waals surface area contributed by atoms with Gasteiger partial charge in [-0.2, -0.15) is 4.40 Å². The monoisotopic (exact) mass is 243 g/mol. The fraction of sp³-hybridized carbons (Fsp3) is 0.545. The van der Waals surface area contributed by atoms with Crippen LogP contribution in [0.1, 0.15) is 20.8 Å². The third kappa shape index (κ3) is 2.59. The van der Waals surface area contributed by atoms with Gasteiger partial charge in [0.05, 0.1) is 12.0 Å². The minimum atomic E-state index is -3.36. The van der Waals surface area contributed by atoms with Crippen molar-refractivity contribution in [3.05, 3.63) is 23.3 Å². The maximum Gasteiger partial charge on any atom is 0.250 e. The van der Waals surface area contributed by atoms with E-state index in [9.17, 15) is 8.42 Å². The number of methoxy groups -OCH3 is 1. The summed E-state index contributed by atoms with van der Waals surface area (Å²) >= 11 is 0. The number of rotatable bonds is 2. The van der Waals surface area contributed by atoms with Gasteiger partial charge in [0.15, 0.2) is 0 Å². The predicted octanol–water partition coefficient (Wildman–Crippen LogP) is 1.70. The average molecular weight is 243 g/mol. The van der Waals surface area contributed by atoms with E-state index in [0.717, 1.165) is 17.4 Å². The molecule has 0 heterocycles. The molecule has 0 atom stereocenters. The van der Waals surface area contributed by atoms with Crippen LogP contribution in [0.5, 0.6) is 0 Å². The molecule has 0 aromatic rings. The Morgan fingerprint density at radius 2 is 1.69 bits per heavy atom. The van der Waals surface area contributed by atoms with Crippen LogP contribution in [0.15, 0.2) is 27.7 Å². The van der Waals surface area contributed by atoms with Crippen LogP contribution in [0, 0.1) is 0 Å². The van der Waals surface area contributed by atoms with E-state index in [-0.39, 0.29) is 0 Å². The first-order valence-corrected chi connectivity index (χ1v) is 6.76. The van der Waals surface area contributed by atoms with Crippen molar-refractivity contribution in [1.82, 2.24) is 0 Å². The molecule has 1 rings (SSSR count). The van der Waals surface area contributed by atoms with Crippen LogP contribution in [0.2, 0.25) is 0 Å². The Hall–Kier alpha value is -0.940. The average Bonchev–Trinajstić information content (AvgIpc) is 2.11. The normalized spacial score (nSPS) is 26.2. The molecule has 1 aliphatic carbocycles. The Labute approximate surface area is 96.8 Å². The first kappa shape index (κ1) is 13.1. The Balaban J connectivity index is 3.25. The second kappa shape index (κ2) is 4.14. The molecule has 0 amide bonds. The molecule has 0 radical (unpaired) electrons. The van der Waals surface area contributed by atoms with Gasteiger partial charge in [0, 0.05) is 7.11 Å². The van der Waals surface area contributed by atoms with E-state index in [2.05, 4.69) is 4.40 Å². The summed E-state index contributed by atoms with van der Waals surface area (Å²) in [6.45, 7) is 5.75. The summed E-state index contributed by atoms with van der Waals surface area (Å²) in [7, 11) is -1.72. The van der Waals surface area contributed by atoms with Gasteiger partial charge in [0.1, 0.15) is 5.60 Å². The highest BCUT2D eigenvalue weighted by molar-refractivity contribution is 7.89. The number of sulfonamides is 1. The van der Waals surface area contributed by atoms with Crippen LogP contribution in [-0.4, -0.2) is 33.1 Å². The Morgan fingerprint density at radius 1 is 1.25 bits per heavy atom. The quantitative estimate of drug-likeness (QED) is 0.741. The number of allylic oxidation sites excluding steroid dienone is 2. The maximum absolute atomic E-state index is 11.1.